The highest BCUT2D eigenvalue weighted by atomic mass is 32.2. The number of anilines is 1. The van der Waals surface area contributed by atoms with Gasteiger partial charge in [0, 0.05) is 14.1 Å². The molecule has 0 unspecified atom stereocenters. The number of benzene rings is 1. The standard InChI is InChI=1S/C9H15N3O4S2/c1-7-4-5-8(11-18(10,15)16)6-9(7)17(13,14)12(2)3/h4-6,11H,1-3H3,(H2,10,15,16). The molecule has 18 heavy (non-hydrogen) atoms. The van der Waals surface area contributed by atoms with Crippen LogP contribution >= 0.6 is 0 Å². The minimum absolute atomic E-state index is 0.0288. The third kappa shape index (κ3) is 3.42. The van der Waals surface area contributed by atoms with Crippen LogP contribution in [0.15, 0.2) is 23.1 Å². The second kappa shape index (κ2) is 4.84. The molecule has 7 nitrogen and oxygen atoms in total. The average Bonchev–Trinajstić information content (AvgIpc) is 2.18. The van der Waals surface area contributed by atoms with Crippen molar-refractivity contribution in [1.82, 2.24) is 4.31 Å². The Morgan fingerprint density at radius 1 is 1.17 bits per heavy atom. The number of nitrogens with zero attached hydrogens (tertiary/aromatic N) is 1. The molecule has 0 amide bonds. The summed E-state index contributed by atoms with van der Waals surface area (Å²) in [6, 6.07) is 4.17. The lowest BCUT2D eigenvalue weighted by Crippen LogP contribution is -2.24. The summed E-state index contributed by atoms with van der Waals surface area (Å²) in [7, 11) is -4.76. The molecule has 1 rings (SSSR count). The Bertz CT molecular complexity index is 650. The van der Waals surface area contributed by atoms with Gasteiger partial charge in [0.15, 0.2) is 0 Å². The summed E-state index contributed by atoms with van der Waals surface area (Å²) in [5.74, 6) is 0. The van der Waals surface area contributed by atoms with Gasteiger partial charge in [-0.15, -0.1) is 0 Å². The van der Waals surface area contributed by atoms with Crippen LogP contribution in [0.1, 0.15) is 5.56 Å². The van der Waals surface area contributed by atoms with E-state index in [2.05, 4.69) is 0 Å². The molecule has 0 aliphatic rings. The zero-order chi connectivity index (χ0) is 14.1. The maximum Gasteiger partial charge on any atom is 0.296 e. The molecular weight excluding hydrogens is 278 g/mol. The summed E-state index contributed by atoms with van der Waals surface area (Å²) in [5, 5.41) is 4.83. The van der Waals surface area contributed by atoms with E-state index in [0.29, 0.717) is 5.56 Å². The summed E-state index contributed by atoms with van der Waals surface area (Å²) < 4.78 is 48.8. The number of aryl methyl sites for hydroxylation is 1. The van der Waals surface area contributed by atoms with Crippen molar-refractivity contribution >= 4 is 25.9 Å². The van der Waals surface area contributed by atoms with Crippen molar-refractivity contribution < 1.29 is 16.8 Å². The molecule has 0 aliphatic heterocycles. The van der Waals surface area contributed by atoms with Gasteiger partial charge in [0.05, 0.1) is 10.6 Å². The predicted molar refractivity (Wildman–Crippen MR) is 68.8 cm³/mol. The van der Waals surface area contributed by atoms with Crippen LogP contribution in [0.3, 0.4) is 0 Å². The molecule has 102 valence electrons. The Kier molecular flexibility index (Phi) is 4.01. The minimum Gasteiger partial charge on any atom is -0.271 e. The van der Waals surface area contributed by atoms with Gasteiger partial charge in [-0.2, -0.15) is 8.42 Å². The van der Waals surface area contributed by atoms with Gasteiger partial charge in [0.1, 0.15) is 0 Å². The maximum atomic E-state index is 12.0. The summed E-state index contributed by atoms with van der Waals surface area (Å²) in [5.41, 5.74) is 0.618. The Hall–Kier alpha value is -1.16. The SMILES string of the molecule is Cc1ccc(NS(N)(=O)=O)cc1S(=O)(=O)N(C)C. The van der Waals surface area contributed by atoms with Crippen LogP contribution in [0, 0.1) is 6.92 Å². The Labute approximate surface area is 107 Å². The number of hydrogen-bond acceptors (Lipinski definition) is 4. The van der Waals surface area contributed by atoms with Gasteiger partial charge < -0.3 is 0 Å². The van der Waals surface area contributed by atoms with Gasteiger partial charge in [-0.1, -0.05) is 6.07 Å². The topological polar surface area (TPSA) is 110 Å². The number of rotatable bonds is 4. The molecule has 0 spiro atoms. The second-order valence-corrected chi connectivity index (χ2v) is 7.33. The van der Waals surface area contributed by atoms with Crippen LogP contribution in [-0.4, -0.2) is 35.2 Å². The van der Waals surface area contributed by atoms with Gasteiger partial charge >= 0.3 is 0 Å². The van der Waals surface area contributed by atoms with E-state index in [1.807, 2.05) is 4.72 Å². The van der Waals surface area contributed by atoms with E-state index in [-0.39, 0.29) is 10.6 Å². The lowest BCUT2D eigenvalue weighted by atomic mass is 10.2. The third-order valence-electron chi connectivity index (χ3n) is 2.21. The van der Waals surface area contributed by atoms with Crippen LogP contribution in [0.5, 0.6) is 0 Å². The molecule has 0 saturated carbocycles. The van der Waals surface area contributed by atoms with Crippen molar-refractivity contribution in [3.63, 3.8) is 0 Å². The van der Waals surface area contributed by atoms with E-state index >= 15 is 0 Å². The first kappa shape index (κ1) is 14.9. The smallest absolute Gasteiger partial charge is 0.271 e. The average molecular weight is 293 g/mol. The highest BCUT2D eigenvalue weighted by Crippen LogP contribution is 2.22. The van der Waals surface area contributed by atoms with E-state index in [4.69, 9.17) is 5.14 Å². The summed E-state index contributed by atoms with van der Waals surface area (Å²) in [4.78, 5) is 0.0288. The Morgan fingerprint density at radius 3 is 2.17 bits per heavy atom. The van der Waals surface area contributed by atoms with E-state index in [9.17, 15) is 16.8 Å². The van der Waals surface area contributed by atoms with E-state index < -0.39 is 20.2 Å². The molecule has 0 radical (unpaired) electrons. The van der Waals surface area contributed by atoms with Crippen LogP contribution < -0.4 is 9.86 Å². The fourth-order valence-corrected chi connectivity index (χ4v) is 2.90. The zero-order valence-electron chi connectivity index (χ0n) is 10.2. The monoisotopic (exact) mass is 293 g/mol. The van der Waals surface area contributed by atoms with Crippen LogP contribution in [-0.2, 0) is 20.2 Å². The zero-order valence-corrected chi connectivity index (χ0v) is 11.8. The lowest BCUT2D eigenvalue weighted by molar-refractivity contribution is 0.520. The first-order valence-electron chi connectivity index (χ1n) is 4.88. The second-order valence-electron chi connectivity index (χ2n) is 3.91. The molecule has 0 aromatic heterocycles. The molecule has 0 saturated heterocycles. The predicted octanol–water partition coefficient (Wildman–Crippen LogP) is -0.139. The molecule has 3 N–H and O–H groups in total. The van der Waals surface area contributed by atoms with Crippen molar-refractivity contribution in [2.24, 2.45) is 5.14 Å². The third-order valence-corrected chi connectivity index (χ3v) is 4.68. The van der Waals surface area contributed by atoms with Gasteiger partial charge in [0.25, 0.3) is 10.2 Å². The van der Waals surface area contributed by atoms with Crippen molar-refractivity contribution in [2.75, 3.05) is 18.8 Å². The fraction of sp³-hybridized carbons (Fsp3) is 0.333. The number of nitrogens with two attached hydrogens (primary N) is 1. The van der Waals surface area contributed by atoms with Crippen LogP contribution in [0.25, 0.3) is 0 Å². The Balaban J connectivity index is 3.35. The van der Waals surface area contributed by atoms with Crippen molar-refractivity contribution in [2.45, 2.75) is 11.8 Å². The first-order chi connectivity index (χ1) is 8.04. The van der Waals surface area contributed by atoms with Gasteiger partial charge in [-0.05, 0) is 24.6 Å². The lowest BCUT2D eigenvalue weighted by Gasteiger charge is -2.14. The molecule has 1 aromatic rings. The first-order valence-corrected chi connectivity index (χ1v) is 7.86. The van der Waals surface area contributed by atoms with Crippen molar-refractivity contribution in [3.8, 4) is 0 Å². The number of hydrogen-bond donors (Lipinski definition) is 2. The fourth-order valence-electron chi connectivity index (χ4n) is 1.30. The highest BCUT2D eigenvalue weighted by Gasteiger charge is 2.20. The quantitative estimate of drug-likeness (QED) is 0.805. The van der Waals surface area contributed by atoms with Crippen molar-refractivity contribution in [3.05, 3.63) is 23.8 Å². The highest BCUT2D eigenvalue weighted by molar-refractivity contribution is 7.90. The van der Waals surface area contributed by atoms with Crippen molar-refractivity contribution in [1.29, 1.82) is 0 Å². The summed E-state index contributed by atoms with van der Waals surface area (Å²) in [6.07, 6.45) is 0. The number of sulfonamides is 1. The largest absolute Gasteiger partial charge is 0.296 e. The molecule has 9 heteroatoms. The van der Waals surface area contributed by atoms with Gasteiger partial charge in [0.2, 0.25) is 10.0 Å². The van der Waals surface area contributed by atoms with Gasteiger partial charge in [-0.25, -0.2) is 17.9 Å². The van der Waals surface area contributed by atoms with Crippen LogP contribution in [0.2, 0.25) is 0 Å². The molecular formula is C9H15N3O4S2. The molecule has 0 fully saturated rings. The minimum atomic E-state index is -3.93. The molecule has 0 heterocycles. The van der Waals surface area contributed by atoms with Crippen LogP contribution in [0.4, 0.5) is 5.69 Å². The number of nitrogens with one attached hydrogen (secondary N) is 1. The molecule has 1 aromatic carbocycles. The van der Waals surface area contributed by atoms with E-state index in [1.165, 1.54) is 32.3 Å². The summed E-state index contributed by atoms with van der Waals surface area (Å²) in [6.45, 7) is 1.62. The molecule has 0 aliphatic carbocycles. The maximum absolute atomic E-state index is 12.0. The van der Waals surface area contributed by atoms with E-state index in [0.717, 1.165) is 4.31 Å². The van der Waals surface area contributed by atoms with Gasteiger partial charge in [-0.3, -0.25) is 4.72 Å². The molecule has 0 atom stereocenters. The summed E-state index contributed by atoms with van der Waals surface area (Å²) >= 11 is 0. The molecule has 0 bridgehead atoms. The Morgan fingerprint density at radius 2 is 1.72 bits per heavy atom. The van der Waals surface area contributed by atoms with E-state index in [1.54, 1.807) is 6.92 Å². The normalized spacial score (nSPS) is 12.7.